The topological polar surface area (TPSA) is 58.2 Å². The van der Waals surface area contributed by atoms with E-state index in [-0.39, 0.29) is 23.7 Å². The summed E-state index contributed by atoms with van der Waals surface area (Å²) in [7, 11) is 0. The lowest BCUT2D eigenvalue weighted by Gasteiger charge is -2.29. The molecule has 22 heavy (non-hydrogen) atoms. The predicted molar refractivity (Wildman–Crippen MR) is 88.4 cm³/mol. The molecule has 2 rings (SSSR count). The van der Waals surface area contributed by atoms with Crippen molar-refractivity contribution in [1.82, 2.24) is 10.6 Å². The summed E-state index contributed by atoms with van der Waals surface area (Å²) in [6.07, 6.45) is 11.3. The summed E-state index contributed by atoms with van der Waals surface area (Å²) >= 11 is 0. The Hall–Kier alpha value is -1.06. The second-order valence-corrected chi connectivity index (χ2v) is 7.41. The van der Waals surface area contributed by atoms with Crippen molar-refractivity contribution in [2.24, 2.45) is 11.8 Å². The molecule has 0 aliphatic heterocycles. The predicted octanol–water partition coefficient (Wildman–Crippen LogP) is 3.16. The molecule has 1 atom stereocenters. The van der Waals surface area contributed by atoms with Gasteiger partial charge in [-0.15, -0.1) is 0 Å². The lowest BCUT2D eigenvalue weighted by atomic mass is 9.88. The van der Waals surface area contributed by atoms with Gasteiger partial charge in [0.2, 0.25) is 11.8 Å². The van der Waals surface area contributed by atoms with Crippen LogP contribution in [0.3, 0.4) is 0 Å². The summed E-state index contributed by atoms with van der Waals surface area (Å²) in [5.41, 5.74) is 0. The van der Waals surface area contributed by atoms with E-state index >= 15 is 0 Å². The van der Waals surface area contributed by atoms with Crippen LogP contribution in [0.5, 0.6) is 0 Å². The molecule has 2 saturated carbocycles. The van der Waals surface area contributed by atoms with E-state index in [1.54, 1.807) is 0 Å². The van der Waals surface area contributed by atoms with Crippen molar-refractivity contribution in [2.75, 3.05) is 0 Å². The van der Waals surface area contributed by atoms with Gasteiger partial charge in [0.05, 0.1) is 0 Å². The van der Waals surface area contributed by atoms with Gasteiger partial charge in [-0.05, 0) is 31.6 Å². The third-order valence-corrected chi connectivity index (χ3v) is 5.17. The number of rotatable bonds is 5. The highest BCUT2D eigenvalue weighted by molar-refractivity contribution is 5.88. The number of hydrogen-bond acceptors (Lipinski definition) is 2. The second kappa shape index (κ2) is 8.54. The van der Waals surface area contributed by atoms with E-state index < -0.39 is 6.04 Å². The smallest absolute Gasteiger partial charge is 0.243 e. The van der Waals surface area contributed by atoms with Crippen LogP contribution in [-0.2, 0) is 9.59 Å². The lowest BCUT2D eigenvalue weighted by molar-refractivity contribution is -0.133. The third-order valence-electron chi connectivity index (χ3n) is 5.17. The van der Waals surface area contributed by atoms with Crippen molar-refractivity contribution < 1.29 is 9.59 Å². The molecular formula is C18H32N2O2. The van der Waals surface area contributed by atoms with Crippen molar-refractivity contribution in [3.05, 3.63) is 0 Å². The van der Waals surface area contributed by atoms with Crippen molar-refractivity contribution in [3.63, 3.8) is 0 Å². The number of amides is 2. The van der Waals surface area contributed by atoms with Gasteiger partial charge in [0.25, 0.3) is 0 Å². The Bertz CT molecular complexity index is 369. The minimum absolute atomic E-state index is 0.00561. The average Bonchev–Trinajstić information content (AvgIpc) is 2.53. The monoisotopic (exact) mass is 308 g/mol. The summed E-state index contributed by atoms with van der Waals surface area (Å²) < 4.78 is 0. The van der Waals surface area contributed by atoms with Crippen molar-refractivity contribution in [3.8, 4) is 0 Å². The Morgan fingerprint density at radius 3 is 1.95 bits per heavy atom. The quantitative estimate of drug-likeness (QED) is 0.819. The lowest BCUT2D eigenvalue weighted by Crippen LogP contribution is -2.53. The van der Waals surface area contributed by atoms with Gasteiger partial charge in [0, 0.05) is 12.0 Å². The molecule has 1 unspecified atom stereocenters. The van der Waals surface area contributed by atoms with Gasteiger partial charge in [-0.3, -0.25) is 9.59 Å². The molecule has 0 heterocycles. The van der Waals surface area contributed by atoms with Gasteiger partial charge in [-0.1, -0.05) is 52.4 Å². The Morgan fingerprint density at radius 2 is 1.41 bits per heavy atom. The van der Waals surface area contributed by atoms with Gasteiger partial charge in [0.15, 0.2) is 0 Å². The first kappa shape index (κ1) is 17.3. The second-order valence-electron chi connectivity index (χ2n) is 7.41. The van der Waals surface area contributed by atoms with Crippen LogP contribution in [-0.4, -0.2) is 23.9 Å². The van der Waals surface area contributed by atoms with E-state index in [2.05, 4.69) is 10.6 Å². The van der Waals surface area contributed by atoms with Crippen LogP contribution in [0.15, 0.2) is 0 Å². The van der Waals surface area contributed by atoms with E-state index in [0.717, 1.165) is 38.5 Å². The zero-order chi connectivity index (χ0) is 15.9. The molecule has 0 aromatic rings. The maximum Gasteiger partial charge on any atom is 0.243 e. The van der Waals surface area contributed by atoms with Crippen molar-refractivity contribution >= 4 is 11.8 Å². The van der Waals surface area contributed by atoms with Crippen LogP contribution in [0, 0.1) is 11.8 Å². The van der Waals surface area contributed by atoms with Crippen LogP contribution in [0.1, 0.15) is 78.1 Å². The molecule has 4 nitrogen and oxygen atoms in total. The standard InChI is InChI=1S/C18H32N2O2/c1-13(2)16(18(22)19-15-11-7-4-8-12-15)20-17(21)14-9-5-3-6-10-14/h13-16H,3-12H2,1-2H3,(H,19,22)(H,20,21). The van der Waals surface area contributed by atoms with E-state index in [4.69, 9.17) is 0 Å². The molecule has 0 radical (unpaired) electrons. The highest BCUT2D eigenvalue weighted by Gasteiger charge is 2.29. The summed E-state index contributed by atoms with van der Waals surface area (Å²) in [6.45, 7) is 4.01. The molecule has 2 aliphatic carbocycles. The summed E-state index contributed by atoms with van der Waals surface area (Å²) in [5.74, 6) is 0.317. The first-order valence-corrected chi connectivity index (χ1v) is 9.18. The van der Waals surface area contributed by atoms with Crippen LogP contribution in [0.4, 0.5) is 0 Å². The maximum absolute atomic E-state index is 12.5. The Labute approximate surface area is 134 Å². The average molecular weight is 308 g/mol. The van der Waals surface area contributed by atoms with E-state index in [1.807, 2.05) is 13.8 Å². The third kappa shape index (κ3) is 4.99. The van der Waals surface area contributed by atoms with Crippen LogP contribution >= 0.6 is 0 Å². The number of hydrogen-bond donors (Lipinski definition) is 2. The van der Waals surface area contributed by atoms with E-state index in [0.29, 0.717) is 6.04 Å². The normalized spacial score (nSPS) is 22.3. The van der Waals surface area contributed by atoms with Crippen LogP contribution in [0.25, 0.3) is 0 Å². The molecule has 126 valence electrons. The zero-order valence-corrected chi connectivity index (χ0v) is 14.2. The molecule has 4 heteroatoms. The Kier molecular flexibility index (Phi) is 6.71. The molecule has 2 fully saturated rings. The van der Waals surface area contributed by atoms with Crippen LogP contribution < -0.4 is 10.6 Å². The largest absolute Gasteiger partial charge is 0.352 e. The highest BCUT2D eigenvalue weighted by atomic mass is 16.2. The number of carbonyl (C=O) groups is 2. The minimum Gasteiger partial charge on any atom is -0.352 e. The van der Waals surface area contributed by atoms with Crippen LogP contribution in [0.2, 0.25) is 0 Å². The van der Waals surface area contributed by atoms with Gasteiger partial charge in [0.1, 0.15) is 6.04 Å². The van der Waals surface area contributed by atoms with Gasteiger partial charge < -0.3 is 10.6 Å². The first-order valence-electron chi connectivity index (χ1n) is 9.18. The molecule has 2 amide bonds. The fraction of sp³-hybridized carbons (Fsp3) is 0.889. The Balaban J connectivity index is 1.87. The summed E-state index contributed by atoms with van der Waals surface area (Å²) in [4.78, 5) is 25.0. The summed E-state index contributed by atoms with van der Waals surface area (Å²) in [5, 5.41) is 6.18. The molecule has 0 saturated heterocycles. The van der Waals surface area contributed by atoms with Gasteiger partial charge in [-0.2, -0.15) is 0 Å². The zero-order valence-electron chi connectivity index (χ0n) is 14.2. The number of carbonyl (C=O) groups excluding carboxylic acids is 2. The molecule has 2 N–H and O–H groups in total. The fourth-order valence-corrected chi connectivity index (χ4v) is 3.71. The molecular weight excluding hydrogens is 276 g/mol. The Morgan fingerprint density at radius 1 is 0.864 bits per heavy atom. The summed E-state index contributed by atoms with van der Waals surface area (Å²) in [6, 6.07) is -0.0922. The molecule has 0 aromatic heterocycles. The molecule has 0 aromatic carbocycles. The van der Waals surface area contributed by atoms with Gasteiger partial charge in [-0.25, -0.2) is 0 Å². The maximum atomic E-state index is 12.5. The van der Waals surface area contributed by atoms with Gasteiger partial charge >= 0.3 is 0 Å². The molecule has 0 spiro atoms. The molecule has 2 aliphatic rings. The van der Waals surface area contributed by atoms with Crippen molar-refractivity contribution in [1.29, 1.82) is 0 Å². The molecule has 0 bridgehead atoms. The minimum atomic E-state index is -0.392. The SMILES string of the molecule is CC(C)C(NC(=O)C1CCCCC1)C(=O)NC1CCCCC1. The number of nitrogens with one attached hydrogen (secondary N) is 2. The van der Waals surface area contributed by atoms with E-state index in [1.165, 1.54) is 25.7 Å². The highest BCUT2D eigenvalue weighted by Crippen LogP contribution is 2.24. The first-order chi connectivity index (χ1) is 10.6. The fourth-order valence-electron chi connectivity index (χ4n) is 3.71. The van der Waals surface area contributed by atoms with Crippen molar-refractivity contribution in [2.45, 2.75) is 90.1 Å². The van der Waals surface area contributed by atoms with E-state index in [9.17, 15) is 9.59 Å².